The summed E-state index contributed by atoms with van der Waals surface area (Å²) in [5, 5.41) is 0.997. The molecule has 2 aromatic carbocycles. The van der Waals surface area contributed by atoms with Crippen LogP contribution in [-0.4, -0.2) is 34.9 Å². The predicted octanol–water partition coefficient (Wildman–Crippen LogP) is 4.65. The summed E-state index contributed by atoms with van der Waals surface area (Å²) in [5.41, 5.74) is 10.9. The Bertz CT molecular complexity index is 1390. The second-order valence-corrected chi connectivity index (χ2v) is 10.5. The fourth-order valence-electron chi connectivity index (χ4n) is 4.30. The van der Waals surface area contributed by atoms with E-state index >= 15 is 0 Å². The summed E-state index contributed by atoms with van der Waals surface area (Å²) in [5.74, 6) is 0.906. The first-order chi connectivity index (χ1) is 16.4. The van der Waals surface area contributed by atoms with E-state index in [1.54, 1.807) is 24.7 Å². The number of hydrogen-bond donors (Lipinski definition) is 2. The van der Waals surface area contributed by atoms with Crippen LogP contribution in [-0.2, 0) is 16.6 Å². The molecule has 0 saturated heterocycles. The number of anilines is 2. The third kappa shape index (κ3) is 4.61. The molecule has 1 aliphatic rings. The van der Waals surface area contributed by atoms with E-state index in [4.69, 9.17) is 10.5 Å². The molecule has 0 bridgehead atoms. The number of rotatable bonds is 10. The smallest absolute Gasteiger partial charge is 0.232 e. The van der Waals surface area contributed by atoms with Gasteiger partial charge in [0.2, 0.25) is 10.0 Å². The highest BCUT2D eigenvalue weighted by molar-refractivity contribution is 7.92. The van der Waals surface area contributed by atoms with Crippen LogP contribution in [0.3, 0.4) is 0 Å². The molecule has 1 fully saturated rings. The van der Waals surface area contributed by atoms with E-state index in [0.29, 0.717) is 24.8 Å². The number of ether oxygens (including phenoxy) is 1. The van der Waals surface area contributed by atoms with Crippen molar-refractivity contribution in [3.8, 4) is 17.0 Å². The van der Waals surface area contributed by atoms with Gasteiger partial charge in [0.25, 0.3) is 0 Å². The molecule has 34 heavy (non-hydrogen) atoms. The van der Waals surface area contributed by atoms with Crippen molar-refractivity contribution in [3.63, 3.8) is 0 Å². The zero-order valence-electron chi connectivity index (χ0n) is 19.1. The summed E-state index contributed by atoms with van der Waals surface area (Å²) in [4.78, 5) is 4.06. The minimum Gasteiger partial charge on any atom is -0.492 e. The zero-order valence-corrected chi connectivity index (χ0v) is 20.0. The molecule has 1 aliphatic carbocycles. The van der Waals surface area contributed by atoms with Crippen LogP contribution >= 0.6 is 0 Å². The first kappa shape index (κ1) is 22.3. The highest BCUT2D eigenvalue weighted by Crippen LogP contribution is 2.46. The van der Waals surface area contributed by atoms with Crippen molar-refractivity contribution in [1.82, 2.24) is 14.1 Å². The van der Waals surface area contributed by atoms with Gasteiger partial charge in [0.15, 0.2) is 0 Å². The lowest BCUT2D eigenvalue weighted by molar-refractivity contribution is 0.298. The third-order valence-corrected chi connectivity index (χ3v) is 7.50. The molecule has 0 spiro atoms. The number of hydrogen-bond acceptors (Lipinski definition) is 5. The van der Waals surface area contributed by atoms with Gasteiger partial charge in [0.05, 0.1) is 35.5 Å². The molecule has 0 unspecified atom stereocenters. The number of nitrogens with two attached hydrogens (primary N) is 1. The molecule has 0 amide bonds. The van der Waals surface area contributed by atoms with Crippen LogP contribution in [0.1, 0.15) is 32.2 Å². The standard InChI is InChI=1S/C25H29N5O3S/c1-2-15-34(31,32)28-19-5-3-18(4-6-19)25-24(26)22-10-9-21(16-23(22)30(25)20-7-8-20)33-14-13-29-12-11-27-17-29/h3-6,9-12,16-17,20,28H,2,7-8,13-15,26H2,1H3. The highest BCUT2D eigenvalue weighted by atomic mass is 32.2. The molecule has 1 saturated carbocycles. The largest absolute Gasteiger partial charge is 0.492 e. The summed E-state index contributed by atoms with van der Waals surface area (Å²) in [7, 11) is -3.33. The van der Waals surface area contributed by atoms with Crippen LogP contribution in [0, 0.1) is 0 Å². The fraction of sp³-hybridized carbons (Fsp3) is 0.320. The maximum Gasteiger partial charge on any atom is 0.232 e. The fourth-order valence-corrected chi connectivity index (χ4v) is 5.43. The Hall–Kier alpha value is -3.46. The summed E-state index contributed by atoms with van der Waals surface area (Å²) < 4.78 is 37.1. The number of benzene rings is 2. The SMILES string of the molecule is CCCS(=O)(=O)Nc1ccc(-c2c(N)c3ccc(OCCn4ccnc4)cc3n2C2CC2)cc1. The first-order valence-electron chi connectivity index (χ1n) is 11.6. The molecule has 5 rings (SSSR count). The average Bonchev–Trinajstić information content (AvgIpc) is 3.43. The highest BCUT2D eigenvalue weighted by Gasteiger charge is 2.30. The monoisotopic (exact) mass is 479 g/mol. The molecule has 178 valence electrons. The quantitative estimate of drug-likeness (QED) is 0.344. The summed E-state index contributed by atoms with van der Waals surface area (Å²) in [6.45, 7) is 3.12. The lowest BCUT2D eigenvalue weighted by Gasteiger charge is -2.12. The molecular weight excluding hydrogens is 450 g/mol. The van der Waals surface area contributed by atoms with E-state index < -0.39 is 10.0 Å². The van der Waals surface area contributed by atoms with Crippen LogP contribution in [0.4, 0.5) is 11.4 Å². The Morgan fingerprint density at radius 3 is 2.65 bits per heavy atom. The van der Waals surface area contributed by atoms with Gasteiger partial charge in [-0.05, 0) is 43.5 Å². The van der Waals surface area contributed by atoms with E-state index in [2.05, 4.69) is 20.3 Å². The van der Waals surface area contributed by atoms with Crippen molar-refractivity contribution >= 4 is 32.3 Å². The van der Waals surface area contributed by atoms with E-state index in [0.717, 1.165) is 53.0 Å². The normalized spacial score (nSPS) is 13.9. The molecular formula is C25H29N5O3S. The molecule has 8 nitrogen and oxygen atoms in total. The Kier molecular flexibility index (Phi) is 5.95. The molecule has 2 aromatic heterocycles. The van der Waals surface area contributed by atoms with Crippen molar-refractivity contribution in [2.75, 3.05) is 22.8 Å². The number of nitrogens with one attached hydrogen (secondary N) is 1. The second-order valence-electron chi connectivity index (χ2n) is 8.69. The minimum atomic E-state index is -3.33. The van der Waals surface area contributed by atoms with Crippen molar-refractivity contribution < 1.29 is 13.2 Å². The van der Waals surface area contributed by atoms with E-state index in [1.807, 2.05) is 42.0 Å². The number of fused-ring (bicyclic) bond motifs is 1. The van der Waals surface area contributed by atoms with Crippen LogP contribution < -0.4 is 15.2 Å². The van der Waals surface area contributed by atoms with Gasteiger partial charge in [-0.15, -0.1) is 0 Å². The Morgan fingerprint density at radius 1 is 1.18 bits per heavy atom. The Balaban J connectivity index is 1.44. The van der Waals surface area contributed by atoms with E-state index in [-0.39, 0.29) is 5.75 Å². The molecule has 2 heterocycles. The van der Waals surface area contributed by atoms with Gasteiger partial charge in [-0.3, -0.25) is 4.72 Å². The van der Waals surface area contributed by atoms with Gasteiger partial charge in [0, 0.05) is 41.1 Å². The number of nitrogens with zero attached hydrogens (tertiary/aromatic N) is 3. The predicted molar refractivity (Wildman–Crippen MR) is 135 cm³/mol. The lowest BCUT2D eigenvalue weighted by Crippen LogP contribution is -2.15. The average molecular weight is 480 g/mol. The Morgan fingerprint density at radius 2 is 1.97 bits per heavy atom. The topological polar surface area (TPSA) is 104 Å². The molecule has 4 aromatic rings. The lowest BCUT2D eigenvalue weighted by atomic mass is 10.1. The molecule has 0 atom stereocenters. The van der Waals surface area contributed by atoms with Crippen LogP contribution in [0.2, 0.25) is 0 Å². The van der Waals surface area contributed by atoms with E-state index in [1.165, 1.54) is 0 Å². The van der Waals surface area contributed by atoms with Gasteiger partial charge < -0.3 is 19.6 Å². The van der Waals surface area contributed by atoms with Crippen molar-refractivity contribution in [1.29, 1.82) is 0 Å². The van der Waals surface area contributed by atoms with Crippen LogP contribution in [0.25, 0.3) is 22.2 Å². The van der Waals surface area contributed by atoms with Crippen molar-refractivity contribution in [2.24, 2.45) is 0 Å². The Labute approximate surface area is 199 Å². The second kappa shape index (κ2) is 9.06. The van der Waals surface area contributed by atoms with Gasteiger partial charge in [-0.1, -0.05) is 19.1 Å². The maximum absolute atomic E-state index is 12.1. The molecule has 0 aliphatic heterocycles. The zero-order chi connectivity index (χ0) is 23.7. The first-order valence-corrected chi connectivity index (χ1v) is 13.2. The number of sulfonamides is 1. The van der Waals surface area contributed by atoms with E-state index in [9.17, 15) is 8.42 Å². The number of nitrogen functional groups attached to an aromatic ring is 1. The molecule has 9 heteroatoms. The maximum atomic E-state index is 12.1. The van der Waals surface area contributed by atoms with Crippen LogP contribution in [0.15, 0.2) is 61.2 Å². The number of imidazole rings is 1. The van der Waals surface area contributed by atoms with Gasteiger partial charge in [-0.2, -0.15) is 0 Å². The number of aromatic nitrogens is 3. The van der Waals surface area contributed by atoms with Gasteiger partial charge >= 0.3 is 0 Å². The van der Waals surface area contributed by atoms with Crippen molar-refractivity contribution in [2.45, 2.75) is 38.8 Å². The molecule has 0 radical (unpaired) electrons. The van der Waals surface area contributed by atoms with Crippen LogP contribution in [0.5, 0.6) is 5.75 Å². The molecule has 3 N–H and O–H groups in total. The minimum absolute atomic E-state index is 0.102. The summed E-state index contributed by atoms with van der Waals surface area (Å²) in [6.07, 6.45) is 8.23. The third-order valence-electron chi connectivity index (χ3n) is 6.01. The summed E-state index contributed by atoms with van der Waals surface area (Å²) >= 11 is 0. The van der Waals surface area contributed by atoms with Gasteiger partial charge in [-0.25, -0.2) is 13.4 Å². The summed E-state index contributed by atoms with van der Waals surface area (Å²) in [6, 6.07) is 13.9. The van der Waals surface area contributed by atoms with Gasteiger partial charge in [0.1, 0.15) is 12.4 Å². The van der Waals surface area contributed by atoms with Crippen molar-refractivity contribution in [3.05, 3.63) is 61.2 Å².